The van der Waals surface area contributed by atoms with E-state index in [9.17, 15) is 0 Å². The van der Waals surface area contributed by atoms with E-state index in [-0.39, 0.29) is 0 Å². The Morgan fingerprint density at radius 3 is 2.15 bits per heavy atom. The van der Waals surface area contributed by atoms with Gasteiger partial charge < -0.3 is 4.90 Å². The number of unbranched alkanes of at least 4 members (excludes halogenated alkanes) is 5. The van der Waals surface area contributed by atoms with Crippen LogP contribution in [0.25, 0.3) is 0 Å². The molecule has 1 radical (unpaired) electrons. The second-order valence-electron chi connectivity index (χ2n) is 3.60. The number of nitrogens with zero attached hydrogens (tertiary/aromatic N) is 1. The lowest BCUT2D eigenvalue weighted by Crippen LogP contribution is -2.23. The van der Waals surface area contributed by atoms with Gasteiger partial charge in [0, 0.05) is 0 Å². The molecule has 0 heterocycles. The van der Waals surface area contributed by atoms with Gasteiger partial charge in [-0.2, -0.15) is 0 Å². The van der Waals surface area contributed by atoms with E-state index in [0.717, 1.165) is 0 Å². The van der Waals surface area contributed by atoms with Gasteiger partial charge in [0.15, 0.2) is 0 Å². The highest BCUT2D eigenvalue weighted by molar-refractivity contribution is 4.67. The SMILES string of the molecule is CCCCC[CH]CCN(CC)CC. The van der Waals surface area contributed by atoms with Gasteiger partial charge in [-0.05, 0) is 32.5 Å². The van der Waals surface area contributed by atoms with Crippen molar-refractivity contribution in [3.05, 3.63) is 6.42 Å². The van der Waals surface area contributed by atoms with E-state index in [2.05, 4.69) is 32.1 Å². The van der Waals surface area contributed by atoms with E-state index in [1.165, 1.54) is 51.7 Å². The minimum Gasteiger partial charge on any atom is -0.304 e. The van der Waals surface area contributed by atoms with Crippen LogP contribution >= 0.6 is 0 Å². The minimum absolute atomic E-state index is 1.19. The van der Waals surface area contributed by atoms with E-state index < -0.39 is 0 Å². The molecule has 0 N–H and O–H groups in total. The molecule has 0 aromatic heterocycles. The van der Waals surface area contributed by atoms with E-state index >= 15 is 0 Å². The lowest BCUT2D eigenvalue weighted by molar-refractivity contribution is 0.305. The van der Waals surface area contributed by atoms with Gasteiger partial charge >= 0.3 is 0 Å². The van der Waals surface area contributed by atoms with Crippen LogP contribution in [0.1, 0.15) is 52.9 Å². The summed E-state index contributed by atoms with van der Waals surface area (Å²) in [6, 6.07) is 0. The molecule has 0 rings (SSSR count). The van der Waals surface area contributed by atoms with Crippen LogP contribution in [0.4, 0.5) is 0 Å². The fourth-order valence-corrected chi connectivity index (χ4v) is 1.50. The fraction of sp³-hybridized carbons (Fsp3) is 0.917. The van der Waals surface area contributed by atoms with Gasteiger partial charge in [-0.1, -0.05) is 46.5 Å². The Morgan fingerprint density at radius 1 is 0.923 bits per heavy atom. The second-order valence-corrected chi connectivity index (χ2v) is 3.60. The summed E-state index contributed by atoms with van der Waals surface area (Å²) in [6.45, 7) is 10.4. The predicted molar refractivity (Wildman–Crippen MR) is 60.8 cm³/mol. The van der Waals surface area contributed by atoms with Gasteiger partial charge in [0.05, 0.1) is 0 Å². The molecule has 0 spiro atoms. The maximum absolute atomic E-state index is 2.48. The molecule has 0 unspecified atom stereocenters. The molecular formula is C12H26N. The molecule has 0 aromatic carbocycles. The van der Waals surface area contributed by atoms with Crippen molar-refractivity contribution in [2.75, 3.05) is 19.6 Å². The quantitative estimate of drug-likeness (QED) is 0.496. The summed E-state index contributed by atoms with van der Waals surface area (Å²) >= 11 is 0. The summed E-state index contributed by atoms with van der Waals surface area (Å²) in [5.41, 5.74) is 0. The Morgan fingerprint density at radius 2 is 1.62 bits per heavy atom. The highest BCUT2D eigenvalue weighted by atomic mass is 15.1. The Labute approximate surface area is 84.5 Å². The highest BCUT2D eigenvalue weighted by Crippen LogP contribution is 2.04. The molecule has 0 amide bonds. The van der Waals surface area contributed by atoms with Crippen LogP contribution in [0.3, 0.4) is 0 Å². The van der Waals surface area contributed by atoms with Gasteiger partial charge in [0.1, 0.15) is 0 Å². The first-order valence-electron chi connectivity index (χ1n) is 5.89. The average molecular weight is 184 g/mol. The first-order chi connectivity index (χ1) is 6.35. The summed E-state index contributed by atoms with van der Waals surface area (Å²) in [5.74, 6) is 0. The lowest BCUT2D eigenvalue weighted by atomic mass is 10.1. The van der Waals surface area contributed by atoms with Crippen molar-refractivity contribution < 1.29 is 0 Å². The summed E-state index contributed by atoms with van der Waals surface area (Å²) < 4.78 is 0. The lowest BCUT2D eigenvalue weighted by Gasteiger charge is -2.17. The topological polar surface area (TPSA) is 3.24 Å². The minimum atomic E-state index is 1.19. The summed E-state index contributed by atoms with van der Waals surface area (Å²) in [4.78, 5) is 2.48. The zero-order valence-electron chi connectivity index (χ0n) is 9.68. The molecule has 0 saturated heterocycles. The van der Waals surface area contributed by atoms with E-state index in [0.29, 0.717) is 0 Å². The van der Waals surface area contributed by atoms with Gasteiger partial charge in [-0.25, -0.2) is 0 Å². The van der Waals surface area contributed by atoms with Gasteiger partial charge in [0.25, 0.3) is 0 Å². The smallest absolute Gasteiger partial charge is 0.00162 e. The Kier molecular flexibility index (Phi) is 10.0. The molecule has 0 fully saturated rings. The zero-order chi connectivity index (χ0) is 9.94. The van der Waals surface area contributed by atoms with Crippen LogP contribution in [0.5, 0.6) is 0 Å². The van der Waals surface area contributed by atoms with E-state index in [1.807, 2.05) is 0 Å². The first-order valence-corrected chi connectivity index (χ1v) is 5.89. The van der Waals surface area contributed by atoms with Gasteiger partial charge in [-0.3, -0.25) is 0 Å². The number of hydrogen-bond donors (Lipinski definition) is 0. The van der Waals surface area contributed by atoms with Crippen LogP contribution in [0.15, 0.2) is 0 Å². The average Bonchev–Trinajstić information content (AvgIpc) is 2.17. The third-order valence-electron chi connectivity index (χ3n) is 2.56. The van der Waals surface area contributed by atoms with Crippen molar-refractivity contribution in [1.82, 2.24) is 4.90 Å². The molecule has 1 heteroatoms. The van der Waals surface area contributed by atoms with Crippen molar-refractivity contribution >= 4 is 0 Å². The normalized spacial score (nSPS) is 11.1. The number of rotatable bonds is 9. The molecule has 13 heavy (non-hydrogen) atoms. The molecule has 0 aliphatic carbocycles. The largest absolute Gasteiger partial charge is 0.304 e. The Bertz CT molecular complexity index is 87.1. The molecule has 0 aromatic rings. The van der Waals surface area contributed by atoms with Crippen molar-refractivity contribution in [1.29, 1.82) is 0 Å². The van der Waals surface area contributed by atoms with Crippen molar-refractivity contribution in [2.24, 2.45) is 0 Å². The van der Waals surface area contributed by atoms with Crippen molar-refractivity contribution in [2.45, 2.75) is 52.9 Å². The molecule has 1 nitrogen and oxygen atoms in total. The van der Waals surface area contributed by atoms with Crippen molar-refractivity contribution in [3.8, 4) is 0 Å². The molecule has 0 atom stereocenters. The highest BCUT2D eigenvalue weighted by Gasteiger charge is 1.97. The summed E-state index contributed by atoms with van der Waals surface area (Å²) in [6.07, 6.45) is 9.15. The van der Waals surface area contributed by atoms with Crippen LogP contribution in [0, 0.1) is 6.42 Å². The van der Waals surface area contributed by atoms with Gasteiger partial charge in [-0.15, -0.1) is 0 Å². The van der Waals surface area contributed by atoms with E-state index in [1.54, 1.807) is 0 Å². The molecule has 0 aliphatic rings. The maximum atomic E-state index is 2.48. The molecular weight excluding hydrogens is 158 g/mol. The summed E-state index contributed by atoms with van der Waals surface area (Å²) in [5, 5.41) is 0. The third-order valence-corrected chi connectivity index (χ3v) is 2.56. The zero-order valence-corrected chi connectivity index (χ0v) is 9.68. The molecule has 0 saturated carbocycles. The first kappa shape index (κ1) is 13.0. The van der Waals surface area contributed by atoms with E-state index in [4.69, 9.17) is 0 Å². The van der Waals surface area contributed by atoms with Crippen LogP contribution in [-0.2, 0) is 0 Å². The Balaban J connectivity index is 3.05. The van der Waals surface area contributed by atoms with Crippen molar-refractivity contribution in [3.63, 3.8) is 0 Å². The van der Waals surface area contributed by atoms with Crippen LogP contribution in [0.2, 0.25) is 0 Å². The molecule has 79 valence electrons. The summed E-state index contributed by atoms with van der Waals surface area (Å²) in [7, 11) is 0. The predicted octanol–water partition coefficient (Wildman–Crippen LogP) is 3.50. The molecule has 0 aliphatic heterocycles. The standard InChI is InChI=1S/C12H26N/c1-4-7-8-9-10-11-12-13(5-2)6-3/h10H,4-9,11-12H2,1-3H3. The van der Waals surface area contributed by atoms with Crippen LogP contribution < -0.4 is 0 Å². The fourth-order valence-electron chi connectivity index (χ4n) is 1.50. The van der Waals surface area contributed by atoms with Crippen LogP contribution in [-0.4, -0.2) is 24.5 Å². The Hall–Kier alpha value is -0.0400. The van der Waals surface area contributed by atoms with Gasteiger partial charge in [0.2, 0.25) is 0 Å². The monoisotopic (exact) mass is 184 g/mol. The maximum Gasteiger partial charge on any atom is -0.00162 e. The second kappa shape index (κ2) is 10.0. The molecule has 0 bridgehead atoms. The number of hydrogen-bond acceptors (Lipinski definition) is 1. The third kappa shape index (κ3) is 8.29.